The summed E-state index contributed by atoms with van der Waals surface area (Å²) in [4.78, 5) is 14.5. The molecule has 1 aliphatic rings. The summed E-state index contributed by atoms with van der Waals surface area (Å²) in [7, 11) is -3.72. The number of piperazine rings is 1. The quantitative estimate of drug-likeness (QED) is 0.455. The highest BCUT2D eigenvalue weighted by atomic mass is 35.5. The Morgan fingerprint density at radius 1 is 1.32 bits per heavy atom. The van der Waals surface area contributed by atoms with Crippen molar-refractivity contribution in [3.63, 3.8) is 0 Å². The topological polar surface area (TPSA) is 87.7 Å². The summed E-state index contributed by atoms with van der Waals surface area (Å²) in [5, 5.41) is 2.67. The van der Waals surface area contributed by atoms with Crippen molar-refractivity contribution in [2.75, 3.05) is 41.0 Å². The van der Waals surface area contributed by atoms with E-state index in [0.29, 0.717) is 5.69 Å². The summed E-state index contributed by atoms with van der Waals surface area (Å²) >= 11 is 5.49. The van der Waals surface area contributed by atoms with Crippen LogP contribution in [0, 0.1) is 5.41 Å². The second kappa shape index (κ2) is 7.80. The number of para-hydroxylation sites is 1. The lowest BCUT2D eigenvalue weighted by Crippen LogP contribution is -2.43. The second-order valence-corrected chi connectivity index (χ2v) is 9.16. The van der Waals surface area contributed by atoms with Crippen molar-refractivity contribution < 1.29 is 17.9 Å². The van der Waals surface area contributed by atoms with Gasteiger partial charge in [-0.3, -0.25) is 9.52 Å². The summed E-state index contributed by atoms with van der Waals surface area (Å²) in [6, 6.07) is 5.09. The fraction of sp³-hybridized carbons (Fsp3) is 0.562. The van der Waals surface area contributed by atoms with Crippen LogP contribution >= 0.6 is 11.6 Å². The Kier molecular flexibility index (Phi) is 6.18. The number of carbonyl (C=O) groups excluding carboxylic acids is 1. The van der Waals surface area contributed by atoms with E-state index in [0.717, 1.165) is 26.2 Å². The molecule has 1 fully saturated rings. The molecule has 0 amide bonds. The van der Waals surface area contributed by atoms with Crippen LogP contribution in [-0.4, -0.2) is 45.8 Å². The molecule has 140 valence electrons. The van der Waals surface area contributed by atoms with Gasteiger partial charge in [-0.1, -0.05) is 6.07 Å². The fourth-order valence-corrected chi connectivity index (χ4v) is 3.02. The molecule has 1 aromatic rings. The normalized spacial score (nSPS) is 15.8. The van der Waals surface area contributed by atoms with E-state index < -0.39 is 26.6 Å². The Labute approximate surface area is 153 Å². The molecule has 0 saturated carbocycles. The largest absolute Gasteiger partial charge is 0.422 e. The number of nitrogens with one attached hydrogen (secondary N) is 2. The van der Waals surface area contributed by atoms with Crippen LogP contribution in [0.4, 0.5) is 11.4 Å². The summed E-state index contributed by atoms with van der Waals surface area (Å²) in [5.41, 5.74) is 0.155. The number of rotatable bonds is 5. The van der Waals surface area contributed by atoms with E-state index in [1.165, 1.54) is 0 Å². The molecule has 2 N–H and O–H groups in total. The van der Waals surface area contributed by atoms with Crippen molar-refractivity contribution in [2.24, 2.45) is 5.41 Å². The molecule has 0 radical (unpaired) electrons. The zero-order chi connectivity index (χ0) is 18.7. The Hall–Kier alpha value is -1.51. The van der Waals surface area contributed by atoms with Gasteiger partial charge in [-0.25, -0.2) is 8.42 Å². The first-order valence-corrected chi connectivity index (χ1v) is 10.2. The first-order valence-electron chi connectivity index (χ1n) is 8.01. The lowest BCUT2D eigenvalue weighted by atomic mass is 9.97. The minimum atomic E-state index is -3.72. The average molecular weight is 390 g/mol. The number of carbonyl (C=O) groups is 1. The van der Waals surface area contributed by atoms with Crippen molar-refractivity contribution in [1.82, 2.24) is 5.32 Å². The van der Waals surface area contributed by atoms with Gasteiger partial charge in [0.15, 0.2) is 5.75 Å². The molecular weight excluding hydrogens is 366 g/mol. The maximum absolute atomic E-state index is 12.4. The van der Waals surface area contributed by atoms with E-state index >= 15 is 0 Å². The van der Waals surface area contributed by atoms with Gasteiger partial charge >= 0.3 is 5.97 Å². The van der Waals surface area contributed by atoms with Crippen molar-refractivity contribution in [2.45, 2.75) is 20.8 Å². The number of ether oxygens (including phenoxy) is 1. The molecule has 0 aliphatic carbocycles. The first-order chi connectivity index (χ1) is 11.6. The molecule has 9 heteroatoms. The predicted octanol–water partition coefficient (Wildman–Crippen LogP) is 1.99. The van der Waals surface area contributed by atoms with E-state index in [2.05, 4.69) is 14.9 Å². The SMILES string of the molecule is CC(C)(C)C(=O)Oc1c(NS(=O)(=O)CCl)cccc1N1CCNCC1. The smallest absolute Gasteiger partial charge is 0.316 e. The van der Waals surface area contributed by atoms with Gasteiger partial charge in [0.1, 0.15) is 5.21 Å². The van der Waals surface area contributed by atoms with E-state index in [9.17, 15) is 13.2 Å². The third kappa shape index (κ3) is 5.23. The minimum Gasteiger partial charge on any atom is -0.422 e. The second-order valence-electron chi connectivity index (χ2n) is 6.86. The molecule has 0 unspecified atom stereocenters. The summed E-state index contributed by atoms with van der Waals surface area (Å²) in [5.74, 6) is -0.237. The fourth-order valence-electron chi connectivity index (χ4n) is 2.31. The number of halogens is 1. The first kappa shape index (κ1) is 19.8. The van der Waals surface area contributed by atoms with E-state index in [1.54, 1.807) is 32.9 Å². The third-order valence-corrected chi connectivity index (χ3v) is 5.35. The van der Waals surface area contributed by atoms with Gasteiger partial charge < -0.3 is 15.0 Å². The highest BCUT2D eigenvalue weighted by Gasteiger charge is 2.28. The molecule has 1 aliphatic heterocycles. The number of hydrogen-bond acceptors (Lipinski definition) is 6. The summed E-state index contributed by atoms with van der Waals surface area (Å²) < 4.78 is 31.8. The van der Waals surface area contributed by atoms with Crippen LogP contribution in [0.1, 0.15) is 20.8 Å². The van der Waals surface area contributed by atoms with Crippen LogP contribution < -0.4 is 19.7 Å². The Bertz CT molecular complexity index is 725. The number of alkyl halides is 1. The number of sulfonamides is 1. The molecule has 0 spiro atoms. The molecule has 7 nitrogen and oxygen atoms in total. The highest BCUT2D eigenvalue weighted by molar-refractivity contribution is 7.93. The molecule has 0 bridgehead atoms. The molecule has 1 aromatic carbocycles. The van der Waals surface area contributed by atoms with Gasteiger partial charge in [-0.15, -0.1) is 11.6 Å². The van der Waals surface area contributed by atoms with Crippen LogP contribution in [0.25, 0.3) is 0 Å². The maximum Gasteiger partial charge on any atom is 0.316 e. The molecule has 25 heavy (non-hydrogen) atoms. The van der Waals surface area contributed by atoms with Crippen molar-refractivity contribution in [1.29, 1.82) is 0 Å². The minimum absolute atomic E-state index is 0.203. The van der Waals surface area contributed by atoms with Crippen LogP contribution in [0.2, 0.25) is 0 Å². The number of hydrogen-bond donors (Lipinski definition) is 2. The number of benzene rings is 1. The van der Waals surface area contributed by atoms with Crippen LogP contribution in [0.15, 0.2) is 18.2 Å². The Balaban J connectivity index is 2.46. The molecular formula is C16H24ClN3O4S. The van der Waals surface area contributed by atoms with Crippen molar-refractivity contribution in [3.05, 3.63) is 18.2 Å². The zero-order valence-electron chi connectivity index (χ0n) is 14.6. The molecule has 1 heterocycles. The summed E-state index contributed by atoms with van der Waals surface area (Å²) in [6.45, 7) is 8.27. The Morgan fingerprint density at radius 2 is 1.96 bits per heavy atom. The van der Waals surface area contributed by atoms with Crippen molar-refractivity contribution >= 4 is 39.0 Å². The predicted molar refractivity (Wildman–Crippen MR) is 99.9 cm³/mol. The third-order valence-electron chi connectivity index (χ3n) is 3.67. The lowest BCUT2D eigenvalue weighted by molar-refractivity contribution is -0.142. The zero-order valence-corrected chi connectivity index (χ0v) is 16.2. The Morgan fingerprint density at radius 3 is 2.52 bits per heavy atom. The average Bonchev–Trinajstić information content (AvgIpc) is 2.56. The summed E-state index contributed by atoms with van der Waals surface area (Å²) in [6.07, 6.45) is 0. The molecule has 1 saturated heterocycles. The van der Waals surface area contributed by atoms with Gasteiger partial charge in [0.05, 0.1) is 16.8 Å². The number of esters is 1. The molecule has 0 atom stereocenters. The lowest BCUT2D eigenvalue weighted by Gasteiger charge is -2.31. The van der Waals surface area contributed by atoms with Crippen molar-refractivity contribution in [3.8, 4) is 5.75 Å². The van der Waals surface area contributed by atoms with Crippen LogP contribution in [0.3, 0.4) is 0 Å². The van der Waals surface area contributed by atoms with E-state index in [-0.39, 0.29) is 11.4 Å². The van der Waals surface area contributed by atoms with Gasteiger partial charge in [-0.05, 0) is 32.9 Å². The van der Waals surface area contributed by atoms with E-state index in [1.807, 2.05) is 6.07 Å². The standard InChI is InChI=1S/C16H24ClN3O4S/c1-16(2,3)15(21)24-14-12(19-25(22,23)11-17)5-4-6-13(14)20-9-7-18-8-10-20/h4-6,18-19H,7-11H2,1-3H3. The van der Waals surface area contributed by atoms with Crippen LogP contribution in [0.5, 0.6) is 5.75 Å². The van der Waals surface area contributed by atoms with E-state index in [4.69, 9.17) is 16.3 Å². The number of nitrogens with zero attached hydrogens (tertiary/aromatic N) is 1. The van der Waals surface area contributed by atoms with Gasteiger partial charge in [-0.2, -0.15) is 0 Å². The van der Waals surface area contributed by atoms with Gasteiger partial charge in [0, 0.05) is 26.2 Å². The molecule has 0 aromatic heterocycles. The monoisotopic (exact) mass is 389 g/mol. The molecule has 2 rings (SSSR count). The van der Waals surface area contributed by atoms with Gasteiger partial charge in [0.2, 0.25) is 10.0 Å². The highest BCUT2D eigenvalue weighted by Crippen LogP contribution is 2.38. The van der Waals surface area contributed by atoms with Gasteiger partial charge in [0.25, 0.3) is 0 Å². The maximum atomic E-state index is 12.4. The number of anilines is 2. The van der Waals surface area contributed by atoms with Crippen LogP contribution in [-0.2, 0) is 14.8 Å².